The normalized spacial score (nSPS) is 18.2. The molecule has 3 aromatic rings. The second-order valence-corrected chi connectivity index (χ2v) is 9.08. The molecule has 1 aliphatic heterocycles. The number of imidazole rings is 1. The predicted molar refractivity (Wildman–Crippen MR) is 128 cm³/mol. The van der Waals surface area contributed by atoms with E-state index in [1.165, 1.54) is 0 Å². The number of nitrogens with one attached hydrogen (secondary N) is 1. The molecule has 184 valence electrons. The van der Waals surface area contributed by atoms with E-state index < -0.39 is 6.61 Å². The lowest BCUT2D eigenvalue weighted by Gasteiger charge is -2.45. The molecular weight excluding hydrogens is 442 g/mol. The van der Waals surface area contributed by atoms with Crippen LogP contribution in [0, 0.1) is 12.8 Å². The summed E-state index contributed by atoms with van der Waals surface area (Å²) in [7, 11) is 1.92. The molecule has 4 rings (SSSR count). The van der Waals surface area contributed by atoms with Crippen molar-refractivity contribution in [1.82, 2.24) is 24.4 Å². The Balaban J connectivity index is 1.58. The van der Waals surface area contributed by atoms with Crippen molar-refractivity contribution in [3.8, 4) is 5.75 Å². The van der Waals surface area contributed by atoms with Gasteiger partial charge in [0.05, 0.1) is 0 Å². The summed E-state index contributed by atoms with van der Waals surface area (Å²) in [6, 6.07) is 7.28. The van der Waals surface area contributed by atoms with E-state index in [4.69, 9.17) is 10.8 Å². The molecule has 2 atom stereocenters. The van der Waals surface area contributed by atoms with E-state index in [0.717, 1.165) is 48.0 Å². The topological polar surface area (TPSA) is 97.4 Å². The van der Waals surface area contributed by atoms with Gasteiger partial charge in [0, 0.05) is 38.8 Å². The molecule has 0 amide bonds. The van der Waals surface area contributed by atoms with Crippen LogP contribution < -0.4 is 20.9 Å². The first-order valence-electron chi connectivity index (χ1n) is 11.4. The predicted octanol–water partition coefficient (Wildman–Crippen LogP) is 3.47. The van der Waals surface area contributed by atoms with Gasteiger partial charge in [-0.3, -0.25) is 10.3 Å². The van der Waals surface area contributed by atoms with E-state index in [2.05, 4.69) is 50.7 Å². The second-order valence-electron chi connectivity index (χ2n) is 9.08. The van der Waals surface area contributed by atoms with Gasteiger partial charge in [-0.1, -0.05) is 26.0 Å². The maximum absolute atomic E-state index is 12.5. The minimum absolute atomic E-state index is 0.147. The van der Waals surface area contributed by atoms with Gasteiger partial charge < -0.3 is 14.2 Å². The molecule has 9 nitrogen and oxygen atoms in total. The second kappa shape index (κ2) is 9.67. The van der Waals surface area contributed by atoms with Gasteiger partial charge in [0.15, 0.2) is 17.0 Å². The zero-order chi connectivity index (χ0) is 24.6. The molecule has 2 unspecified atom stereocenters. The Kier molecular flexibility index (Phi) is 6.85. The fourth-order valence-corrected chi connectivity index (χ4v) is 4.84. The Hall–Kier alpha value is -3.05. The number of nitrogens with two attached hydrogens (primary N) is 1. The van der Waals surface area contributed by atoms with Crippen LogP contribution >= 0.6 is 0 Å². The smallest absolute Gasteiger partial charge is 0.387 e. The minimum atomic E-state index is -2.83. The molecule has 1 aromatic carbocycles. The number of alkyl halides is 2. The van der Waals surface area contributed by atoms with Crippen molar-refractivity contribution in [2.75, 3.05) is 30.0 Å². The Morgan fingerprint density at radius 1 is 1.12 bits per heavy atom. The standard InChI is InChI=1S/C23H32F2N8O/c1-13(2)19(16-6-8-17(9-7-16)34-22(24)25)32-10-11-33(14(3)12-32)21-18-20(28-23(29-21)30-26)31(5)15(4)27-18/h6-9,13-14,19,22H,10-12,26H2,1-5H3,(H,28,29,30). The largest absolute Gasteiger partial charge is 0.435 e. The Labute approximate surface area is 197 Å². The first kappa shape index (κ1) is 24.1. The van der Waals surface area contributed by atoms with Crippen LogP contribution in [-0.4, -0.2) is 56.7 Å². The highest BCUT2D eigenvalue weighted by molar-refractivity contribution is 5.85. The summed E-state index contributed by atoms with van der Waals surface area (Å²) < 4.78 is 31.5. The van der Waals surface area contributed by atoms with Gasteiger partial charge in [0.25, 0.3) is 0 Å². The Morgan fingerprint density at radius 3 is 2.41 bits per heavy atom. The molecule has 0 saturated carbocycles. The van der Waals surface area contributed by atoms with E-state index >= 15 is 0 Å². The molecule has 34 heavy (non-hydrogen) atoms. The number of aromatic nitrogens is 4. The zero-order valence-corrected chi connectivity index (χ0v) is 20.2. The molecule has 1 fully saturated rings. The van der Waals surface area contributed by atoms with Gasteiger partial charge in [-0.2, -0.15) is 18.7 Å². The van der Waals surface area contributed by atoms with Crippen LogP contribution in [0.2, 0.25) is 0 Å². The zero-order valence-electron chi connectivity index (χ0n) is 20.2. The maximum Gasteiger partial charge on any atom is 0.387 e. The number of hydrogen-bond donors (Lipinski definition) is 2. The molecule has 1 aliphatic rings. The van der Waals surface area contributed by atoms with Crippen LogP contribution in [0.1, 0.15) is 38.2 Å². The summed E-state index contributed by atoms with van der Waals surface area (Å²) in [5, 5.41) is 0. The molecule has 3 N–H and O–H groups in total. The average Bonchev–Trinajstić information content (AvgIpc) is 3.08. The van der Waals surface area contributed by atoms with E-state index in [1.54, 1.807) is 12.1 Å². The number of anilines is 2. The van der Waals surface area contributed by atoms with E-state index in [0.29, 0.717) is 11.9 Å². The number of aryl methyl sites for hydroxylation is 2. The molecule has 11 heteroatoms. The third-order valence-corrected chi connectivity index (χ3v) is 6.46. The van der Waals surface area contributed by atoms with E-state index in [-0.39, 0.29) is 17.8 Å². The summed E-state index contributed by atoms with van der Waals surface area (Å²) >= 11 is 0. The van der Waals surface area contributed by atoms with Gasteiger partial charge in [-0.05, 0) is 37.5 Å². The van der Waals surface area contributed by atoms with Crippen molar-refractivity contribution in [3.05, 3.63) is 35.7 Å². The lowest BCUT2D eigenvalue weighted by Crippen LogP contribution is -2.54. The van der Waals surface area contributed by atoms with E-state index in [9.17, 15) is 8.78 Å². The van der Waals surface area contributed by atoms with Crippen molar-refractivity contribution in [3.63, 3.8) is 0 Å². The summed E-state index contributed by atoms with van der Waals surface area (Å²) in [6.45, 7) is 8.00. The van der Waals surface area contributed by atoms with Crippen molar-refractivity contribution in [2.45, 2.75) is 46.4 Å². The van der Waals surface area contributed by atoms with Gasteiger partial charge in [0.2, 0.25) is 5.95 Å². The number of nitrogen functional groups attached to an aromatic ring is 1. The summed E-state index contributed by atoms with van der Waals surface area (Å²) in [4.78, 5) is 18.5. The summed E-state index contributed by atoms with van der Waals surface area (Å²) in [6.07, 6.45) is 0. The van der Waals surface area contributed by atoms with Crippen LogP contribution in [0.15, 0.2) is 24.3 Å². The number of hydrogen-bond acceptors (Lipinski definition) is 8. The first-order chi connectivity index (χ1) is 16.2. The highest BCUT2D eigenvalue weighted by Crippen LogP contribution is 2.34. The fraction of sp³-hybridized carbons (Fsp3) is 0.522. The first-order valence-corrected chi connectivity index (χ1v) is 11.4. The third kappa shape index (κ3) is 4.62. The van der Waals surface area contributed by atoms with Crippen LogP contribution in [0.25, 0.3) is 11.2 Å². The molecule has 2 aromatic heterocycles. The van der Waals surface area contributed by atoms with Crippen molar-refractivity contribution in [1.29, 1.82) is 0 Å². The summed E-state index contributed by atoms with van der Waals surface area (Å²) in [5.74, 6) is 8.12. The number of piperazine rings is 1. The molecular formula is C23H32F2N8O. The quantitative estimate of drug-likeness (QED) is 0.397. The number of fused-ring (bicyclic) bond motifs is 1. The van der Waals surface area contributed by atoms with Gasteiger partial charge in [-0.25, -0.2) is 10.8 Å². The fourth-order valence-electron chi connectivity index (χ4n) is 4.84. The highest BCUT2D eigenvalue weighted by Gasteiger charge is 2.33. The van der Waals surface area contributed by atoms with Crippen LogP contribution in [-0.2, 0) is 7.05 Å². The highest BCUT2D eigenvalue weighted by atomic mass is 19.3. The monoisotopic (exact) mass is 474 g/mol. The third-order valence-electron chi connectivity index (χ3n) is 6.46. The Morgan fingerprint density at radius 2 is 1.82 bits per heavy atom. The molecule has 1 saturated heterocycles. The van der Waals surface area contributed by atoms with E-state index in [1.807, 2.05) is 30.7 Å². The number of halogens is 2. The van der Waals surface area contributed by atoms with Gasteiger partial charge in [-0.15, -0.1) is 0 Å². The van der Waals surface area contributed by atoms with Gasteiger partial charge in [0.1, 0.15) is 11.6 Å². The molecule has 0 spiro atoms. The molecule has 3 heterocycles. The number of ether oxygens (including phenoxy) is 1. The lowest BCUT2D eigenvalue weighted by molar-refractivity contribution is -0.0498. The number of hydrazine groups is 1. The summed E-state index contributed by atoms with van der Waals surface area (Å²) in [5.41, 5.74) is 5.14. The van der Waals surface area contributed by atoms with Crippen molar-refractivity contribution < 1.29 is 13.5 Å². The van der Waals surface area contributed by atoms with Crippen molar-refractivity contribution >= 4 is 22.9 Å². The van der Waals surface area contributed by atoms with Crippen LogP contribution in [0.5, 0.6) is 5.75 Å². The maximum atomic E-state index is 12.5. The molecule has 0 radical (unpaired) electrons. The number of benzene rings is 1. The van der Waals surface area contributed by atoms with Gasteiger partial charge >= 0.3 is 6.61 Å². The minimum Gasteiger partial charge on any atom is -0.435 e. The SMILES string of the molecule is Cc1nc2c(N3CCN(C(c4ccc(OC(F)F)cc4)C(C)C)CC3C)nc(NN)nc2n1C. The van der Waals surface area contributed by atoms with Crippen molar-refractivity contribution in [2.24, 2.45) is 18.8 Å². The number of rotatable bonds is 7. The van der Waals surface area contributed by atoms with Crippen LogP contribution in [0.4, 0.5) is 20.5 Å². The Bertz CT molecular complexity index is 1130. The number of nitrogens with zero attached hydrogens (tertiary/aromatic N) is 6. The molecule has 0 aliphatic carbocycles. The van der Waals surface area contributed by atoms with Crippen LogP contribution in [0.3, 0.4) is 0 Å². The lowest BCUT2D eigenvalue weighted by atomic mass is 9.93. The average molecular weight is 475 g/mol. The molecule has 0 bridgehead atoms.